The highest BCUT2D eigenvalue weighted by Gasteiger charge is 2.48. The van der Waals surface area contributed by atoms with Crippen LogP contribution in [0.3, 0.4) is 0 Å². The zero-order valence-corrected chi connectivity index (χ0v) is 11.4. The molecule has 0 aromatic heterocycles. The van der Waals surface area contributed by atoms with Gasteiger partial charge in [0.1, 0.15) is 6.10 Å². The topological polar surface area (TPSA) is 36.9 Å². The summed E-state index contributed by atoms with van der Waals surface area (Å²) in [7, 11) is 0. The Labute approximate surface area is 113 Å². The van der Waals surface area contributed by atoms with E-state index in [0.29, 0.717) is 13.2 Å². The van der Waals surface area contributed by atoms with Gasteiger partial charge in [-0.05, 0) is 19.4 Å². The van der Waals surface area contributed by atoms with Gasteiger partial charge in [0.25, 0.3) is 0 Å². The molecule has 2 aliphatic rings. The maximum Gasteiger partial charge on any atom is 0.187 e. The van der Waals surface area contributed by atoms with Crippen LogP contribution in [0.5, 0.6) is 0 Å². The molecule has 0 radical (unpaired) electrons. The second-order valence-electron chi connectivity index (χ2n) is 5.54. The molecule has 2 fully saturated rings. The highest BCUT2D eigenvalue weighted by atomic mass is 16.8. The van der Waals surface area contributed by atoms with Crippen LogP contribution in [-0.2, 0) is 25.6 Å². The Kier molecular flexibility index (Phi) is 3.58. The first-order chi connectivity index (χ1) is 9.12. The lowest BCUT2D eigenvalue weighted by Gasteiger charge is -2.20. The van der Waals surface area contributed by atoms with Gasteiger partial charge in [0.15, 0.2) is 12.1 Å². The van der Waals surface area contributed by atoms with Gasteiger partial charge in [0, 0.05) is 6.42 Å². The maximum atomic E-state index is 5.79. The largest absolute Gasteiger partial charge is 0.374 e. The SMILES string of the molecule is CC1(C)OC2OC(COCc3ccccc3)C[C@H]2O1. The summed E-state index contributed by atoms with van der Waals surface area (Å²) in [5, 5.41) is 0. The van der Waals surface area contributed by atoms with Crippen molar-refractivity contribution in [2.75, 3.05) is 6.61 Å². The minimum atomic E-state index is -0.523. The van der Waals surface area contributed by atoms with Gasteiger partial charge in [-0.25, -0.2) is 0 Å². The van der Waals surface area contributed by atoms with Gasteiger partial charge < -0.3 is 18.9 Å². The molecule has 0 N–H and O–H groups in total. The molecule has 19 heavy (non-hydrogen) atoms. The predicted molar refractivity (Wildman–Crippen MR) is 69.4 cm³/mol. The Morgan fingerprint density at radius 1 is 1.21 bits per heavy atom. The van der Waals surface area contributed by atoms with E-state index in [4.69, 9.17) is 18.9 Å². The first-order valence-corrected chi connectivity index (χ1v) is 6.75. The quantitative estimate of drug-likeness (QED) is 0.837. The summed E-state index contributed by atoms with van der Waals surface area (Å²) in [5.41, 5.74) is 1.18. The number of hydrogen-bond donors (Lipinski definition) is 0. The number of fused-ring (bicyclic) bond motifs is 1. The van der Waals surface area contributed by atoms with Crippen molar-refractivity contribution in [1.29, 1.82) is 0 Å². The normalized spacial score (nSPS) is 32.4. The molecular weight excluding hydrogens is 244 g/mol. The van der Waals surface area contributed by atoms with Gasteiger partial charge in [0.05, 0.1) is 19.3 Å². The Bertz CT molecular complexity index is 401. The fourth-order valence-corrected chi connectivity index (χ4v) is 2.57. The van der Waals surface area contributed by atoms with Crippen LogP contribution >= 0.6 is 0 Å². The first-order valence-electron chi connectivity index (χ1n) is 6.75. The van der Waals surface area contributed by atoms with Gasteiger partial charge in [-0.15, -0.1) is 0 Å². The van der Waals surface area contributed by atoms with Crippen LogP contribution < -0.4 is 0 Å². The predicted octanol–water partition coefficient (Wildman–Crippen LogP) is 2.47. The molecule has 2 aliphatic heterocycles. The van der Waals surface area contributed by atoms with E-state index in [2.05, 4.69) is 12.1 Å². The second-order valence-corrected chi connectivity index (χ2v) is 5.54. The summed E-state index contributed by atoms with van der Waals surface area (Å²) in [6.45, 7) is 5.02. The summed E-state index contributed by atoms with van der Waals surface area (Å²) in [6, 6.07) is 10.1. The van der Waals surface area contributed by atoms with Crippen molar-refractivity contribution in [1.82, 2.24) is 0 Å². The summed E-state index contributed by atoms with van der Waals surface area (Å²) < 4.78 is 22.9. The number of rotatable bonds is 4. The van der Waals surface area contributed by atoms with E-state index in [1.54, 1.807) is 0 Å². The molecule has 2 unspecified atom stereocenters. The standard InChI is InChI=1S/C15H20O4/c1-15(2)18-13-8-12(17-14(13)19-15)10-16-9-11-6-4-3-5-7-11/h3-7,12-14H,8-10H2,1-2H3/t12?,13-,14?/m1/s1. The Hall–Kier alpha value is -0.940. The summed E-state index contributed by atoms with van der Waals surface area (Å²) >= 11 is 0. The van der Waals surface area contributed by atoms with Crippen LogP contribution in [0, 0.1) is 0 Å². The van der Waals surface area contributed by atoms with E-state index in [1.807, 2.05) is 32.0 Å². The molecule has 104 valence electrons. The van der Waals surface area contributed by atoms with Crippen LogP contribution in [0.15, 0.2) is 30.3 Å². The molecule has 4 heteroatoms. The number of ether oxygens (including phenoxy) is 4. The molecular formula is C15H20O4. The van der Waals surface area contributed by atoms with Crippen LogP contribution in [0.4, 0.5) is 0 Å². The van der Waals surface area contributed by atoms with Gasteiger partial charge in [-0.2, -0.15) is 0 Å². The molecule has 0 amide bonds. The van der Waals surface area contributed by atoms with Crippen molar-refractivity contribution >= 4 is 0 Å². The molecule has 4 nitrogen and oxygen atoms in total. The minimum absolute atomic E-state index is 0.0420. The second kappa shape index (κ2) is 5.21. The van der Waals surface area contributed by atoms with Crippen LogP contribution in [-0.4, -0.2) is 30.9 Å². The fourth-order valence-electron chi connectivity index (χ4n) is 2.57. The monoisotopic (exact) mass is 264 g/mol. The molecule has 3 atom stereocenters. The molecule has 3 rings (SSSR count). The van der Waals surface area contributed by atoms with Crippen molar-refractivity contribution in [2.24, 2.45) is 0 Å². The third-order valence-corrected chi connectivity index (χ3v) is 3.38. The van der Waals surface area contributed by atoms with Gasteiger partial charge in [-0.1, -0.05) is 30.3 Å². The van der Waals surface area contributed by atoms with Crippen molar-refractivity contribution in [2.45, 2.75) is 51.2 Å². The van der Waals surface area contributed by atoms with Gasteiger partial charge in [0.2, 0.25) is 0 Å². The van der Waals surface area contributed by atoms with E-state index in [0.717, 1.165) is 6.42 Å². The summed E-state index contributed by atoms with van der Waals surface area (Å²) in [4.78, 5) is 0. The van der Waals surface area contributed by atoms with Crippen molar-refractivity contribution in [3.05, 3.63) is 35.9 Å². The van der Waals surface area contributed by atoms with Gasteiger partial charge in [-0.3, -0.25) is 0 Å². The highest BCUT2D eigenvalue weighted by Crippen LogP contribution is 2.37. The van der Waals surface area contributed by atoms with E-state index >= 15 is 0 Å². The maximum absolute atomic E-state index is 5.79. The van der Waals surface area contributed by atoms with E-state index < -0.39 is 5.79 Å². The van der Waals surface area contributed by atoms with E-state index in [-0.39, 0.29) is 18.5 Å². The third kappa shape index (κ3) is 3.15. The summed E-state index contributed by atoms with van der Waals surface area (Å²) in [6.07, 6.45) is 0.707. The average molecular weight is 264 g/mol. The minimum Gasteiger partial charge on any atom is -0.374 e. The highest BCUT2D eigenvalue weighted by molar-refractivity contribution is 5.13. The number of benzene rings is 1. The fraction of sp³-hybridized carbons (Fsp3) is 0.600. The molecule has 0 bridgehead atoms. The van der Waals surface area contributed by atoms with Crippen molar-refractivity contribution in [3.8, 4) is 0 Å². The Balaban J connectivity index is 1.42. The van der Waals surface area contributed by atoms with Crippen molar-refractivity contribution in [3.63, 3.8) is 0 Å². The lowest BCUT2D eigenvalue weighted by molar-refractivity contribution is -0.209. The molecule has 1 aromatic carbocycles. The smallest absolute Gasteiger partial charge is 0.187 e. The molecule has 0 spiro atoms. The molecule has 1 aromatic rings. The summed E-state index contributed by atoms with van der Waals surface area (Å²) in [5.74, 6) is -0.523. The lowest BCUT2D eigenvalue weighted by atomic mass is 10.2. The average Bonchev–Trinajstić information content (AvgIpc) is 2.83. The Morgan fingerprint density at radius 2 is 2.00 bits per heavy atom. The molecule has 0 saturated carbocycles. The zero-order valence-electron chi connectivity index (χ0n) is 11.4. The molecule has 0 aliphatic carbocycles. The Morgan fingerprint density at radius 3 is 2.74 bits per heavy atom. The van der Waals surface area contributed by atoms with Crippen molar-refractivity contribution < 1.29 is 18.9 Å². The van der Waals surface area contributed by atoms with Gasteiger partial charge >= 0.3 is 0 Å². The molecule has 2 heterocycles. The van der Waals surface area contributed by atoms with Crippen LogP contribution in [0.2, 0.25) is 0 Å². The lowest BCUT2D eigenvalue weighted by Crippen LogP contribution is -2.26. The zero-order chi connectivity index (χ0) is 13.3. The first kappa shape index (κ1) is 13.1. The molecule has 2 saturated heterocycles. The number of hydrogen-bond acceptors (Lipinski definition) is 4. The van der Waals surface area contributed by atoms with Crippen LogP contribution in [0.25, 0.3) is 0 Å². The third-order valence-electron chi connectivity index (χ3n) is 3.38. The van der Waals surface area contributed by atoms with Crippen LogP contribution in [0.1, 0.15) is 25.8 Å². The van der Waals surface area contributed by atoms with E-state index in [9.17, 15) is 0 Å². The van der Waals surface area contributed by atoms with E-state index in [1.165, 1.54) is 5.56 Å².